The maximum absolute atomic E-state index is 11.7. The van der Waals surface area contributed by atoms with Crippen LogP contribution in [0.1, 0.15) is 23.0 Å². The highest BCUT2D eigenvalue weighted by Gasteiger charge is 2.11. The molecule has 6 heteroatoms. The van der Waals surface area contributed by atoms with E-state index < -0.39 is 5.91 Å². The van der Waals surface area contributed by atoms with E-state index in [0.717, 1.165) is 12.1 Å². The summed E-state index contributed by atoms with van der Waals surface area (Å²) in [6, 6.07) is 3.03. The second-order valence-corrected chi connectivity index (χ2v) is 3.51. The fourth-order valence-corrected chi connectivity index (χ4v) is 1.38. The lowest BCUT2D eigenvalue weighted by atomic mass is 10.2. The zero-order valence-corrected chi connectivity index (χ0v) is 9.28. The smallest absolute Gasteiger partial charge is 0.262 e. The number of carbonyl (C=O) groups is 1. The molecule has 3 N–H and O–H groups in total. The molecule has 0 spiro atoms. The Bertz CT molecular complexity index is 585. The highest BCUT2D eigenvalue weighted by molar-refractivity contribution is 6.03. The van der Waals surface area contributed by atoms with Gasteiger partial charge >= 0.3 is 0 Å². The Morgan fingerprint density at radius 2 is 2.35 bits per heavy atom. The molecule has 0 saturated carbocycles. The second-order valence-electron chi connectivity index (χ2n) is 3.51. The lowest BCUT2D eigenvalue weighted by Gasteiger charge is -1.99. The van der Waals surface area contributed by atoms with Gasteiger partial charge in [-0.3, -0.25) is 14.7 Å². The Morgan fingerprint density at radius 1 is 1.53 bits per heavy atom. The Labute approximate surface area is 97.1 Å². The lowest BCUT2D eigenvalue weighted by molar-refractivity contribution is 0.102. The van der Waals surface area contributed by atoms with Gasteiger partial charge in [-0.25, -0.2) is 0 Å². The van der Waals surface area contributed by atoms with Crippen LogP contribution in [0.2, 0.25) is 0 Å². The normalized spacial score (nSPS) is 10.2. The summed E-state index contributed by atoms with van der Waals surface area (Å²) in [6.45, 7) is 1.97. The quantitative estimate of drug-likeness (QED) is 0.734. The van der Waals surface area contributed by atoms with Crippen molar-refractivity contribution in [2.24, 2.45) is 0 Å². The van der Waals surface area contributed by atoms with E-state index in [1.807, 2.05) is 6.92 Å². The van der Waals surface area contributed by atoms with Gasteiger partial charge < -0.3 is 10.3 Å². The van der Waals surface area contributed by atoms with Gasteiger partial charge in [-0.1, -0.05) is 6.92 Å². The molecule has 0 bridgehead atoms. The molecule has 0 unspecified atom stereocenters. The average Bonchev–Trinajstić information content (AvgIpc) is 2.77. The maximum Gasteiger partial charge on any atom is 0.262 e. The number of aryl methyl sites for hydroxylation is 1. The van der Waals surface area contributed by atoms with Crippen LogP contribution in [0, 0.1) is 0 Å². The van der Waals surface area contributed by atoms with Crippen molar-refractivity contribution >= 4 is 11.7 Å². The minimum Gasteiger partial charge on any atom is -0.367 e. The molecule has 17 heavy (non-hydrogen) atoms. The first-order valence-corrected chi connectivity index (χ1v) is 5.23. The van der Waals surface area contributed by atoms with Crippen LogP contribution in [0.25, 0.3) is 0 Å². The molecular weight excluding hydrogens is 220 g/mol. The summed E-state index contributed by atoms with van der Waals surface area (Å²) in [6.07, 6.45) is 3.64. The van der Waals surface area contributed by atoms with Crippen LogP contribution < -0.4 is 10.7 Å². The number of anilines is 1. The van der Waals surface area contributed by atoms with Crippen molar-refractivity contribution in [1.29, 1.82) is 0 Å². The Kier molecular flexibility index (Phi) is 3.04. The van der Waals surface area contributed by atoms with Crippen molar-refractivity contribution in [2.45, 2.75) is 13.3 Å². The van der Waals surface area contributed by atoms with Gasteiger partial charge in [-0.15, -0.1) is 0 Å². The molecule has 0 aliphatic heterocycles. The molecule has 0 aromatic carbocycles. The summed E-state index contributed by atoms with van der Waals surface area (Å²) in [5.41, 5.74) is 0.656. The van der Waals surface area contributed by atoms with Crippen molar-refractivity contribution in [3.8, 4) is 0 Å². The van der Waals surface area contributed by atoms with Crippen molar-refractivity contribution in [2.75, 3.05) is 5.32 Å². The molecule has 0 saturated heterocycles. The van der Waals surface area contributed by atoms with Gasteiger partial charge in [0.2, 0.25) is 0 Å². The first kappa shape index (κ1) is 11.1. The minimum absolute atomic E-state index is 0.0635. The van der Waals surface area contributed by atoms with Crippen LogP contribution in [-0.2, 0) is 6.42 Å². The molecule has 2 aromatic heterocycles. The molecule has 0 aliphatic carbocycles. The molecule has 0 fully saturated rings. The number of carbonyl (C=O) groups excluding carboxylic acids is 1. The second kappa shape index (κ2) is 4.65. The van der Waals surface area contributed by atoms with Gasteiger partial charge in [-0.2, -0.15) is 5.10 Å². The van der Waals surface area contributed by atoms with Crippen LogP contribution in [0.4, 0.5) is 5.82 Å². The molecule has 88 valence electrons. The van der Waals surface area contributed by atoms with Gasteiger partial charge in [-0.05, 0) is 6.42 Å². The molecule has 1 amide bonds. The molecule has 0 aliphatic rings. The highest BCUT2D eigenvalue weighted by Crippen LogP contribution is 2.06. The molecular formula is C11H12N4O2. The third-order valence-corrected chi connectivity index (χ3v) is 2.32. The fraction of sp³-hybridized carbons (Fsp3) is 0.182. The van der Waals surface area contributed by atoms with E-state index in [9.17, 15) is 9.59 Å². The summed E-state index contributed by atoms with van der Waals surface area (Å²) >= 11 is 0. The number of aromatic amines is 2. The number of aromatic nitrogens is 3. The van der Waals surface area contributed by atoms with Gasteiger partial charge in [0.25, 0.3) is 5.91 Å². The van der Waals surface area contributed by atoms with Crippen molar-refractivity contribution in [3.63, 3.8) is 0 Å². The van der Waals surface area contributed by atoms with E-state index in [4.69, 9.17) is 0 Å². The maximum atomic E-state index is 11.7. The van der Waals surface area contributed by atoms with Crippen LogP contribution in [0.5, 0.6) is 0 Å². The third kappa shape index (κ3) is 2.41. The zero-order chi connectivity index (χ0) is 12.3. The largest absolute Gasteiger partial charge is 0.367 e. The SMILES string of the molecule is CCc1cc(NC(=O)c2c[nH]ccc2=O)n[nH]1. The predicted molar refractivity (Wildman–Crippen MR) is 63.0 cm³/mol. The molecule has 6 nitrogen and oxygen atoms in total. The monoisotopic (exact) mass is 232 g/mol. The summed E-state index contributed by atoms with van der Waals surface area (Å²) < 4.78 is 0. The topological polar surface area (TPSA) is 90.6 Å². The van der Waals surface area contributed by atoms with E-state index in [1.54, 1.807) is 6.07 Å². The molecule has 0 radical (unpaired) electrons. The number of amides is 1. The van der Waals surface area contributed by atoms with Crippen LogP contribution in [0.3, 0.4) is 0 Å². The molecule has 2 aromatic rings. The Hall–Kier alpha value is -2.37. The van der Waals surface area contributed by atoms with E-state index in [-0.39, 0.29) is 11.0 Å². The molecule has 0 atom stereocenters. The number of nitrogens with zero attached hydrogens (tertiary/aromatic N) is 1. The van der Waals surface area contributed by atoms with Crippen LogP contribution in [-0.4, -0.2) is 21.1 Å². The third-order valence-electron chi connectivity index (χ3n) is 2.32. The number of H-pyrrole nitrogens is 2. The van der Waals surface area contributed by atoms with Crippen LogP contribution in [0.15, 0.2) is 29.3 Å². The van der Waals surface area contributed by atoms with E-state index >= 15 is 0 Å². The summed E-state index contributed by atoms with van der Waals surface area (Å²) in [5.74, 6) is -0.0592. The van der Waals surface area contributed by atoms with Gasteiger partial charge in [0, 0.05) is 30.2 Å². The summed E-state index contributed by atoms with van der Waals surface area (Å²) in [4.78, 5) is 25.8. The van der Waals surface area contributed by atoms with Gasteiger partial charge in [0.05, 0.1) is 0 Å². The van der Waals surface area contributed by atoms with Gasteiger partial charge in [0.15, 0.2) is 11.2 Å². The Balaban J connectivity index is 2.17. The number of pyridine rings is 1. The van der Waals surface area contributed by atoms with Crippen molar-refractivity contribution in [1.82, 2.24) is 15.2 Å². The standard InChI is InChI=1S/C11H12N4O2/c1-2-7-5-10(15-14-7)13-11(17)8-6-12-4-3-9(8)16/h3-6H,2H2,1H3,(H,12,16)(H2,13,14,15,17). The van der Waals surface area contributed by atoms with Crippen molar-refractivity contribution in [3.05, 3.63) is 46.0 Å². The van der Waals surface area contributed by atoms with E-state index in [2.05, 4.69) is 20.5 Å². The molecule has 2 heterocycles. The minimum atomic E-state index is -0.471. The van der Waals surface area contributed by atoms with Crippen LogP contribution >= 0.6 is 0 Å². The number of rotatable bonds is 3. The summed E-state index contributed by atoms with van der Waals surface area (Å²) in [7, 11) is 0. The number of nitrogens with one attached hydrogen (secondary N) is 3. The van der Waals surface area contributed by atoms with Gasteiger partial charge in [0.1, 0.15) is 5.56 Å². The summed E-state index contributed by atoms with van der Waals surface area (Å²) in [5, 5.41) is 9.24. The highest BCUT2D eigenvalue weighted by atomic mass is 16.2. The predicted octanol–water partition coefficient (Wildman–Crippen LogP) is 0.913. The zero-order valence-electron chi connectivity index (χ0n) is 9.28. The average molecular weight is 232 g/mol. The number of hydrogen-bond acceptors (Lipinski definition) is 3. The van der Waals surface area contributed by atoms with Crippen molar-refractivity contribution < 1.29 is 4.79 Å². The first-order valence-electron chi connectivity index (χ1n) is 5.23. The number of hydrogen-bond donors (Lipinski definition) is 3. The van der Waals surface area contributed by atoms with E-state index in [0.29, 0.717) is 5.82 Å². The molecule has 2 rings (SSSR count). The van der Waals surface area contributed by atoms with E-state index in [1.165, 1.54) is 18.5 Å². The first-order chi connectivity index (χ1) is 8.20. The lowest BCUT2D eigenvalue weighted by Crippen LogP contribution is -2.20. The fourth-order valence-electron chi connectivity index (χ4n) is 1.38. The Morgan fingerprint density at radius 3 is 3.00 bits per heavy atom.